The summed E-state index contributed by atoms with van der Waals surface area (Å²) in [6.07, 6.45) is -9.88. The lowest BCUT2D eigenvalue weighted by molar-refractivity contribution is -0.278. The normalized spacial score (nSPS) is 17.8. The molecule has 1 aliphatic heterocycles. The number of nitrogens with one attached hydrogen (secondary N) is 12. The second-order valence-corrected chi connectivity index (χ2v) is 32.2. The quantitative estimate of drug-likeness (QED) is 0.0220. The number of alkyl carbamates (subject to hydrolysis) is 1. The maximum atomic E-state index is 15.7. The van der Waals surface area contributed by atoms with Crippen LogP contribution in [0.15, 0.2) is 91.0 Å². The van der Waals surface area contributed by atoms with Crippen LogP contribution in [0.3, 0.4) is 0 Å². The summed E-state index contributed by atoms with van der Waals surface area (Å²) in [5.74, 6) is -17.6. The molecule has 12 amide bonds. The van der Waals surface area contributed by atoms with Crippen molar-refractivity contribution in [2.75, 3.05) is 19.8 Å². The van der Waals surface area contributed by atoms with Gasteiger partial charge in [0.1, 0.15) is 89.9 Å². The molecule has 120 heavy (non-hydrogen) atoms. The van der Waals surface area contributed by atoms with Gasteiger partial charge in [0.05, 0.1) is 19.6 Å². The molecule has 0 unspecified atom stereocenters. The zero-order valence-electron chi connectivity index (χ0n) is 71.6. The van der Waals surface area contributed by atoms with E-state index in [0.717, 1.165) is 27.7 Å². The van der Waals surface area contributed by atoms with Crippen LogP contribution in [0, 0.1) is 17.8 Å². The summed E-state index contributed by atoms with van der Waals surface area (Å²) in [4.78, 5) is 235. The highest BCUT2D eigenvalue weighted by atomic mass is 16.7. The molecule has 0 bridgehead atoms. The van der Waals surface area contributed by atoms with Crippen LogP contribution in [0.5, 0.6) is 0 Å². The lowest BCUT2D eigenvalue weighted by atomic mass is 9.77. The second-order valence-electron chi connectivity index (χ2n) is 32.2. The first-order valence-electron chi connectivity index (χ1n) is 39.7. The Bertz CT molecular complexity index is 3950. The van der Waals surface area contributed by atoms with E-state index in [1.54, 1.807) is 153 Å². The van der Waals surface area contributed by atoms with Crippen molar-refractivity contribution >= 4 is 101 Å². The van der Waals surface area contributed by atoms with E-state index in [1.165, 1.54) is 41.5 Å². The van der Waals surface area contributed by atoms with Gasteiger partial charge >= 0.3 is 35.9 Å². The number of carbonyl (C=O) groups is 17. The first-order valence-corrected chi connectivity index (χ1v) is 39.7. The number of ether oxygens (including phenoxy) is 7. The molecular formula is C83H120N12O25. The minimum absolute atomic E-state index is 0.114. The van der Waals surface area contributed by atoms with E-state index in [2.05, 4.69) is 63.8 Å². The van der Waals surface area contributed by atoms with Crippen LogP contribution in [0.4, 0.5) is 4.79 Å². The molecular weight excluding hydrogens is 1560 g/mol. The maximum absolute atomic E-state index is 15.7. The lowest BCUT2D eigenvalue weighted by Crippen LogP contribution is -2.67. The van der Waals surface area contributed by atoms with Crippen molar-refractivity contribution in [3.05, 3.63) is 108 Å². The summed E-state index contributed by atoms with van der Waals surface area (Å²) >= 11 is 0. The molecule has 0 spiro atoms. The second kappa shape index (κ2) is 47.2. The summed E-state index contributed by atoms with van der Waals surface area (Å²) < 4.78 is 40.0. The average molecular weight is 1690 g/mol. The number of esters is 4. The zero-order chi connectivity index (χ0) is 90.3. The Morgan fingerprint density at radius 1 is 0.475 bits per heavy atom. The number of carboxylic acid groups (broad SMARTS) is 1. The van der Waals surface area contributed by atoms with E-state index < -0.39 is 254 Å². The van der Waals surface area contributed by atoms with Gasteiger partial charge < -0.3 is 102 Å². The first-order chi connectivity index (χ1) is 56.0. The standard InChI is InChI=1S/C83H120N12O25/c1-20-46(6)66(78(111)112)94-72(105)47(7)85-64(101)41-84-73(106)57(36-37-63(100)95-83(54-30-24-21-25-31-54,55-32-26-22-27-33-55)56-34-28-23-29-35-56)89-77(110)61(42-115-79-67(88-50(10)96)69(117-53(13)99)68(116-52(12)98)62(118-79)43-114-51(11)97)92-76(109)60(40-65(102)119-81(14,15)16)91-75(108)58(38-44(2)3)90-71(104)49(9)86-70(103)48(8)87-74(107)59(39-45(4)5)93-80(113)120-82(17,18)19/h21-35,44-49,57-62,66-69,79H,20,36-43H2,1-19H3,(H,84,106)(H,85,101)(H,86,103)(H,87,107)(H,88,96)(H,89,110)(H,90,104)(H,91,108)(H,92,109)(H,93,113)(H,94,105)(H,95,100)(H,111,112)/t46-,47-,48-,49-,57-,58-,59-,60-,61-,62+,66-,67+,68-,69+,79-/m0/s1. The van der Waals surface area contributed by atoms with Crippen molar-refractivity contribution in [3.8, 4) is 0 Å². The minimum atomic E-state index is -2.23. The molecule has 0 saturated carbocycles. The molecule has 0 radical (unpaired) electrons. The Hall–Kier alpha value is -11.6. The number of carbonyl (C=O) groups excluding carboxylic acids is 16. The maximum Gasteiger partial charge on any atom is 0.408 e. The van der Waals surface area contributed by atoms with E-state index in [-0.39, 0.29) is 18.8 Å². The first kappa shape index (κ1) is 101. The summed E-state index contributed by atoms with van der Waals surface area (Å²) in [6.45, 7) is 24.7. The van der Waals surface area contributed by atoms with Crippen molar-refractivity contribution in [2.45, 2.75) is 272 Å². The van der Waals surface area contributed by atoms with Gasteiger partial charge in [-0.3, -0.25) is 71.9 Å². The third-order valence-electron chi connectivity index (χ3n) is 18.3. The molecule has 1 aliphatic rings. The smallest absolute Gasteiger partial charge is 0.408 e. The predicted octanol–water partition coefficient (Wildman–Crippen LogP) is 2.45. The van der Waals surface area contributed by atoms with Crippen molar-refractivity contribution in [1.29, 1.82) is 0 Å². The van der Waals surface area contributed by atoms with Gasteiger partial charge in [-0.1, -0.05) is 139 Å². The van der Waals surface area contributed by atoms with Crippen LogP contribution in [-0.2, 0) is 115 Å². The Kier molecular flexibility index (Phi) is 39.6. The van der Waals surface area contributed by atoms with Crippen LogP contribution < -0.4 is 63.8 Å². The number of carboxylic acids is 1. The fourth-order valence-corrected chi connectivity index (χ4v) is 12.5. The summed E-state index contributed by atoms with van der Waals surface area (Å²) in [5.41, 5.74) is -1.84. The molecule has 0 aromatic heterocycles. The monoisotopic (exact) mass is 1680 g/mol. The van der Waals surface area contributed by atoms with Crippen LogP contribution in [-0.4, -0.2) is 222 Å². The molecule has 662 valence electrons. The highest BCUT2D eigenvalue weighted by Gasteiger charge is 2.52. The van der Waals surface area contributed by atoms with Crippen LogP contribution in [0.2, 0.25) is 0 Å². The Morgan fingerprint density at radius 2 is 0.908 bits per heavy atom. The molecule has 1 saturated heterocycles. The van der Waals surface area contributed by atoms with E-state index >= 15 is 14.4 Å². The Balaban J connectivity index is 1.91. The summed E-state index contributed by atoms with van der Waals surface area (Å²) in [6, 6.07) is 10.4. The molecule has 1 heterocycles. The topological polar surface area (TPSA) is 519 Å². The van der Waals surface area contributed by atoms with Crippen molar-refractivity contribution in [1.82, 2.24) is 63.8 Å². The number of rotatable bonds is 43. The van der Waals surface area contributed by atoms with Crippen molar-refractivity contribution in [2.24, 2.45) is 17.8 Å². The zero-order valence-corrected chi connectivity index (χ0v) is 71.6. The molecule has 0 aliphatic carbocycles. The Labute approximate surface area is 698 Å². The third-order valence-corrected chi connectivity index (χ3v) is 18.3. The molecule has 4 rings (SSSR count). The highest BCUT2D eigenvalue weighted by molar-refractivity contribution is 5.99. The van der Waals surface area contributed by atoms with Crippen LogP contribution in [0.1, 0.15) is 187 Å². The molecule has 3 aromatic carbocycles. The van der Waals surface area contributed by atoms with Crippen molar-refractivity contribution in [3.63, 3.8) is 0 Å². The number of aliphatic carboxylic acids is 1. The fourth-order valence-electron chi connectivity index (χ4n) is 12.5. The molecule has 15 atom stereocenters. The molecule has 37 nitrogen and oxygen atoms in total. The third kappa shape index (κ3) is 33.6. The molecule has 37 heteroatoms. The van der Waals surface area contributed by atoms with Gasteiger partial charge in [-0.25, -0.2) is 9.59 Å². The number of amides is 12. The largest absolute Gasteiger partial charge is 0.480 e. The van der Waals surface area contributed by atoms with Crippen LogP contribution in [0.25, 0.3) is 0 Å². The van der Waals surface area contributed by atoms with Crippen molar-refractivity contribution < 1.29 is 120 Å². The van der Waals surface area contributed by atoms with Gasteiger partial charge in [-0.2, -0.15) is 0 Å². The van der Waals surface area contributed by atoms with E-state index in [9.17, 15) is 72.2 Å². The fraction of sp³-hybridized carbons (Fsp3) is 0.578. The minimum Gasteiger partial charge on any atom is -0.480 e. The number of hydrogen-bond acceptors (Lipinski definition) is 24. The molecule has 13 N–H and O–H groups in total. The van der Waals surface area contributed by atoms with Gasteiger partial charge in [-0.05, 0) is 116 Å². The van der Waals surface area contributed by atoms with Gasteiger partial charge in [-0.15, -0.1) is 0 Å². The number of hydrogen-bond donors (Lipinski definition) is 13. The Morgan fingerprint density at radius 3 is 1.38 bits per heavy atom. The van der Waals surface area contributed by atoms with Gasteiger partial charge in [0.2, 0.25) is 65.0 Å². The average Bonchev–Trinajstić information content (AvgIpc) is 0.750. The lowest BCUT2D eigenvalue weighted by Gasteiger charge is -2.45. The van der Waals surface area contributed by atoms with Gasteiger partial charge in [0, 0.05) is 34.1 Å². The van der Waals surface area contributed by atoms with E-state index in [4.69, 9.17) is 33.2 Å². The van der Waals surface area contributed by atoms with Crippen LogP contribution >= 0.6 is 0 Å². The SMILES string of the molecule is CC[C@H](C)[C@H](NC(=O)[C@H](C)NC(=O)CNC(=O)[C@H](CCC(=O)NC(c1ccccc1)(c1ccccc1)c1ccccc1)NC(=O)[C@H](CO[C@H]1O[C@H](COC(C)=O)[C@H](OC(C)=O)[C@H](OC(C)=O)[C@H]1NC(C)=O)NC(=O)[C@H](CC(=O)OC(C)(C)C)NC(=O)[C@H](CC(C)C)NC(=O)[C@H](C)NC(=O)[C@H](C)NC(=O)[C@H](CC(C)C)NC(=O)OC(C)(C)C)C(=O)O. The predicted molar refractivity (Wildman–Crippen MR) is 432 cm³/mol. The molecule has 3 aromatic rings. The number of benzene rings is 3. The van der Waals surface area contributed by atoms with E-state index in [0.29, 0.717) is 23.1 Å². The molecule has 1 fully saturated rings. The summed E-state index contributed by atoms with van der Waals surface area (Å²) in [7, 11) is 0. The summed E-state index contributed by atoms with van der Waals surface area (Å²) in [5, 5.41) is 40.2. The van der Waals surface area contributed by atoms with Gasteiger partial charge in [0.25, 0.3) is 0 Å². The van der Waals surface area contributed by atoms with Gasteiger partial charge in [0.15, 0.2) is 18.5 Å². The van der Waals surface area contributed by atoms with E-state index in [1.807, 2.05) is 0 Å². The highest BCUT2D eigenvalue weighted by Crippen LogP contribution is 2.37.